The number of carboxylic acids is 1. The molecule has 0 fully saturated rings. The maximum atomic E-state index is 12.5. The Morgan fingerprint density at radius 2 is 1.94 bits per heavy atom. The minimum Gasteiger partial charge on any atom is -0.481 e. The van der Waals surface area contributed by atoms with Crippen molar-refractivity contribution in [1.29, 1.82) is 0 Å². The summed E-state index contributed by atoms with van der Waals surface area (Å²) in [4.78, 5) is 10.4. The minimum absolute atomic E-state index is 0.0349. The summed E-state index contributed by atoms with van der Waals surface area (Å²) in [6.07, 6.45) is -8.85. The van der Waals surface area contributed by atoms with E-state index >= 15 is 0 Å². The maximum absolute atomic E-state index is 12.5. The van der Waals surface area contributed by atoms with Gasteiger partial charge in [0.25, 0.3) is 6.43 Å². The zero-order chi connectivity index (χ0) is 13.9. The standard InChI is InChI=1S/C10H7F5O3/c11-9(12)6-3-5(4-8(16)17)1-2-7(6)18-10(13,14)15/h1-3,9H,4H2,(H,16,17). The molecule has 0 saturated heterocycles. The number of halogens is 5. The van der Waals surface area contributed by atoms with Crippen LogP contribution >= 0.6 is 0 Å². The van der Waals surface area contributed by atoms with Gasteiger partial charge in [-0.05, 0) is 17.7 Å². The van der Waals surface area contributed by atoms with Crippen LogP contribution in [0.15, 0.2) is 18.2 Å². The second-order valence-corrected chi connectivity index (χ2v) is 3.29. The van der Waals surface area contributed by atoms with Crippen LogP contribution < -0.4 is 4.74 Å². The molecule has 0 unspecified atom stereocenters. The van der Waals surface area contributed by atoms with Gasteiger partial charge in [0, 0.05) is 0 Å². The Bertz CT molecular complexity index is 442. The molecule has 0 heterocycles. The van der Waals surface area contributed by atoms with Crippen LogP contribution in [0, 0.1) is 0 Å². The molecule has 0 amide bonds. The van der Waals surface area contributed by atoms with Crippen LogP contribution in [0.2, 0.25) is 0 Å². The van der Waals surface area contributed by atoms with Crippen molar-refractivity contribution in [1.82, 2.24) is 0 Å². The molecule has 0 radical (unpaired) electrons. The molecule has 18 heavy (non-hydrogen) atoms. The summed E-state index contributed by atoms with van der Waals surface area (Å²) < 4.78 is 64.3. The fraction of sp³-hybridized carbons (Fsp3) is 0.300. The summed E-state index contributed by atoms with van der Waals surface area (Å²) in [5, 5.41) is 8.45. The van der Waals surface area contributed by atoms with Gasteiger partial charge in [-0.3, -0.25) is 4.79 Å². The average Bonchev–Trinajstić information content (AvgIpc) is 2.17. The molecule has 0 spiro atoms. The van der Waals surface area contributed by atoms with Crippen molar-refractivity contribution in [2.75, 3.05) is 0 Å². The highest BCUT2D eigenvalue weighted by atomic mass is 19.4. The third-order valence-corrected chi connectivity index (χ3v) is 1.89. The van der Waals surface area contributed by atoms with E-state index in [0.717, 1.165) is 6.07 Å². The number of ether oxygens (including phenoxy) is 1. The summed E-state index contributed by atoms with van der Waals surface area (Å²) in [6, 6.07) is 2.34. The summed E-state index contributed by atoms with van der Waals surface area (Å²) in [6.45, 7) is 0. The van der Waals surface area contributed by atoms with Crippen LogP contribution in [0.3, 0.4) is 0 Å². The number of benzene rings is 1. The average molecular weight is 270 g/mol. The normalized spacial score (nSPS) is 11.7. The van der Waals surface area contributed by atoms with Crippen molar-refractivity contribution in [3.05, 3.63) is 29.3 Å². The van der Waals surface area contributed by atoms with E-state index in [-0.39, 0.29) is 5.56 Å². The van der Waals surface area contributed by atoms with Gasteiger partial charge in [-0.2, -0.15) is 0 Å². The van der Waals surface area contributed by atoms with Gasteiger partial charge in [-0.15, -0.1) is 13.2 Å². The van der Waals surface area contributed by atoms with E-state index < -0.39 is 36.5 Å². The number of hydrogen-bond donors (Lipinski definition) is 1. The van der Waals surface area contributed by atoms with Crippen molar-refractivity contribution < 1.29 is 36.6 Å². The number of hydrogen-bond acceptors (Lipinski definition) is 2. The van der Waals surface area contributed by atoms with Crippen LogP contribution in [0.4, 0.5) is 22.0 Å². The molecule has 0 bridgehead atoms. The van der Waals surface area contributed by atoms with Crippen LogP contribution in [0.1, 0.15) is 17.6 Å². The van der Waals surface area contributed by atoms with E-state index in [9.17, 15) is 26.7 Å². The Morgan fingerprint density at radius 3 is 2.39 bits per heavy atom. The zero-order valence-electron chi connectivity index (χ0n) is 8.67. The molecule has 0 atom stereocenters. The molecule has 100 valence electrons. The minimum atomic E-state index is -5.09. The Hall–Kier alpha value is -1.86. The molecule has 0 aliphatic heterocycles. The van der Waals surface area contributed by atoms with E-state index in [2.05, 4.69) is 4.74 Å². The van der Waals surface area contributed by atoms with Crippen molar-refractivity contribution in [2.24, 2.45) is 0 Å². The molecular weight excluding hydrogens is 263 g/mol. The lowest BCUT2D eigenvalue weighted by atomic mass is 10.1. The zero-order valence-corrected chi connectivity index (χ0v) is 8.67. The monoisotopic (exact) mass is 270 g/mol. The Kier molecular flexibility index (Phi) is 4.10. The number of alkyl halides is 5. The summed E-state index contributed by atoms with van der Waals surface area (Å²) in [7, 11) is 0. The number of aliphatic carboxylic acids is 1. The fourth-order valence-corrected chi connectivity index (χ4v) is 1.27. The second-order valence-electron chi connectivity index (χ2n) is 3.29. The molecule has 0 saturated carbocycles. The van der Waals surface area contributed by atoms with Crippen molar-refractivity contribution in [3.8, 4) is 5.75 Å². The van der Waals surface area contributed by atoms with Gasteiger partial charge in [-0.25, -0.2) is 8.78 Å². The quantitative estimate of drug-likeness (QED) is 0.855. The van der Waals surface area contributed by atoms with Crippen molar-refractivity contribution in [3.63, 3.8) is 0 Å². The summed E-state index contributed by atoms with van der Waals surface area (Å²) in [5.41, 5.74) is -1.03. The van der Waals surface area contributed by atoms with Crippen molar-refractivity contribution in [2.45, 2.75) is 19.2 Å². The van der Waals surface area contributed by atoms with Gasteiger partial charge >= 0.3 is 12.3 Å². The highest BCUT2D eigenvalue weighted by Gasteiger charge is 2.33. The highest BCUT2D eigenvalue weighted by molar-refractivity contribution is 5.70. The smallest absolute Gasteiger partial charge is 0.481 e. The fourth-order valence-electron chi connectivity index (χ4n) is 1.27. The molecule has 0 aromatic heterocycles. The van der Waals surface area contributed by atoms with Crippen LogP contribution in [0.25, 0.3) is 0 Å². The van der Waals surface area contributed by atoms with Gasteiger partial charge in [0.1, 0.15) is 5.75 Å². The van der Waals surface area contributed by atoms with Gasteiger partial charge in [0.15, 0.2) is 0 Å². The summed E-state index contributed by atoms with van der Waals surface area (Å²) >= 11 is 0. The number of carboxylic acid groups (broad SMARTS) is 1. The largest absolute Gasteiger partial charge is 0.573 e. The Balaban J connectivity index is 3.08. The lowest BCUT2D eigenvalue weighted by Gasteiger charge is -2.13. The number of rotatable bonds is 4. The molecular formula is C10H7F5O3. The summed E-state index contributed by atoms with van der Waals surface area (Å²) in [5.74, 6) is -2.31. The Morgan fingerprint density at radius 1 is 1.33 bits per heavy atom. The molecule has 1 aromatic rings. The van der Waals surface area contributed by atoms with Crippen LogP contribution in [0.5, 0.6) is 5.75 Å². The van der Waals surface area contributed by atoms with E-state index in [4.69, 9.17) is 5.11 Å². The first-order valence-electron chi connectivity index (χ1n) is 4.57. The first kappa shape index (κ1) is 14.2. The lowest BCUT2D eigenvalue weighted by molar-refractivity contribution is -0.275. The number of carbonyl (C=O) groups is 1. The van der Waals surface area contributed by atoms with Crippen molar-refractivity contribution >= 4 is 5.97 Å². The predicted octanol–water partition coefficient (Wildman–Crippen LogP) is 3.15. The molecule has 1 rings (SSSR count). The third kappa shape index (κ3) is 4.19. The van der Waals surface area contributed by atoms with E-state index in [1.807, 2.05) is 0 Å². The van der Waals surface area contributed by atoms with Gasteiger partial charge in [-0.1, -0.05) is 6.07 Å². The lowest BCUT2D eigenvalue weighted by Crippen LogP contribution is -2.18. The first-order valence-corrected chi connectivity index (χ1v) is 4.57. The molecule has 8 heteroatoms. The molecule has 0 aliphatic rings. The van der Waals surface area contributed by atoms with Gasteiger partial charge < -0.3 is 9.84 Å². The van der Waals surface area contributed by atoms with E-state index in [1.54, 1.807) is 0 Å². The highest BCUT2D eigenvalue weighted by Crippen LogP contribution is 2.33. The van der Waals surface area contributed by atoms with E-state index in [0.29, 0.717) is 12.1 Å². The SMILES string of the molecule is O=C(O)Cc1ccc(OC(F)(F)F)c(C(F)F)c1. The third-order valence-electron chi connectivity index (χ3n) is 1.89. The van der Waals surface area contributed by atoms with E-state index in [1.165, 1.54) is 0 Å². The second kappa shape index (κ2) is 5.19. The van der Waals surface area contributed by atoms with Gasteiger partial charge in [0.05, 0.1) is 12.0 Å². The molecule has 3 nitrogen and oxygen atoms in total. The first-order chi connectivity index (χ1) is 8.19. The predicted molar refractivity (Wildman–Crippen MR) is 49.4 cm³/mol. The molecule has 1 aromatic carbocycles. The van der Waals surface area contributed by atoms with Crippen LogP contribution in [-0.4, -0.2) is 17.4 Å². The van der Waals surface area contributed by atoms with Gasteiger partial charge in [0.2, 0.25) is 0 Å². The van der Waals surface area contributed by atoms with Crippen LogP contribution in [-0.2, 0) is 11.2 Å². The molecule has 1 N–H and O–H groups in total. The maximum Gasteiger partial charge on any atom is 0.573 e. The Labute approximate surface area is 97.8 Å². The molecule has 0 aliphatic carbocycles. The topological polar surface area (TPSA) is 46.5 Å².